The molecule has 0 spiro atoms. The summed E-state index contributed by atoms with van der Waals surface area (Å²) in [6.45, 7) is 18.2. The summed E-state index contributed by atoms with van der Waals surface area (Å²) in [4.78, 5) is 8.78. The van der Waals surface area contributed by atoms with Crippen LogP contribution in [-0.2, 0) is 6.18 Å². The van der Waals surface area contributed by atoms with Gasteiger partial charge in [-0.25, -0.2) is 9.98 Å². The summed E-state index contributed by atoms with van der Waals surface area (Å²) in [5, 5.41) is 0. The molecule has 0 saturated carbocycles. The number of hydrogen-bond donors (Lipinski definition) is 0. The topological polar surface area (TPSA) is 30.2 Å². The van der Waals surface area contributed by atoms with Gasteiger partial charge in [0, 0.05) is 17.4 Å². The largest absolute Gasteiger partial charge is 0.416 e. The second-order valence-electron chi connectivity index (χ2n) is 8.02. The van der Waals surface area contributed by atoms with Crippen molar-refractivity contribution in [3.63, 3.8) is 0 Å². The summed E-state index contributed by atoms with van der Waals surface area (Å²) < 4.78 is 42.4. The number of nitrogens with zero attached hydrogens (tertiary/aromatic N) is 3. The van der Waals surface area contributed by atoms with Crippen LogP contribution >= 0.6 is 0 Å². The van der Waals surface area contributed by atoms with Gasteiger partial charge in [-0.1, -0.05) is 78.5 Å². The van der Waals surface area contributed by atoms with Crippen molar-refractivity contribution in [2.24, 2.45) is 10.9 Å². The normalized spacial score (nSPS) is 11.3. The standard InChI is InChI=1S/C25H26F3N3.2C2H6/c1-17(2)10-11-18(3)24(20-8-6-5-7-9-20)30-22-12-21(25(26,27)28)13-23(14-22)31-15-19(4)29-16-31;2*1-2/h5-9,12-17H,3,10-11H2,1-2,4H3;2*1-2H3. The van der Waals surface area contributed by atoms with Crippen LogP contribution in [0.15, 0.2) is 78.2 Å². The maximum atomic E-state index is 13.6. The molecule has 0 aliphatic rings. The highest BCUT2D eigenvalue weighted by Crippen LogP contribution is 2.34. The summed E-state index contributed by atoms with van der Waals surface area (Å²) in [5.74, 6) is 0.485. The Morgan fingerprint density at radius 1 is 1.03 bits per heavy atom. The predicted molar refractivity (Wildman–Crippen MR) is 142 cm³/mol. The van der Waals surface area contributed by atoms with Gasteiger partial charge in [-0.2, -0.15) is 13.2 Å². The SMILES string of the molecule is C=C(CCC(C)C)C(=Nc1cc(-n2cnc(C)c2)cc(C(F)(F)F)c1)c1ccccc1.CC.CC. The number of imidazole rings is 1. The molecule has 2 aromatic carbocycles. The Hall–Kier alpha value is -3.15. The van der Waals surface area contributed by atoms with E-state index in [-0.39, 0.29) is 5.69 Å². The van der Waals surface area contributed by atoms with E-state index in [1.165, 1.54) is 6.33 Å². The molecule has 3 aromatic rings. The first-order valence-electron chi connectivity index (χ1n) is 12.2. The molecule has 6 heteroatoms. The van der Waals surface area contributed by atoms with Gasteiger partial charge in [-0.05, 0) is 49.5 Å². The van der Waals surface area contributed by atoms with E-state index in [1.807, 2.05) is 58.0 Å². The highest BCUT2D eigenvalue weighted by Gasteiger charge is 2.31. The van der Waals surface area contributed by atoms with E-state index in [2.05, 4.69) is 30.4 Å². The minimum Gasteiger partial charge on any atom is -0.306 e. The van der Waals surface area contributed by atoms with Gasteiger partial charge in [-0.15, -0.1) is 0 Å². The third-order valence-corrected chi connectivity index (χ3v) is 4.89. The molecule has 1 heterocycles. The van der Waals surface area contributed by atoms with Crippen LogP contribution in [0.1, 0.15) is 71.2 Å². The summed E-state index contributed by atoms with van der Waals surface area (Å²) in [6.07, 6.45) is 0.336. The molecule has 0 fully saturated rings. The molecule has 0 bridgehead atoms. The Bertz CT molecular complexity index is 1080. The number of benzene rings is 2. The number of aromatic nitrogens is 2. The third kappa shape index (κ3) is 9.19. The van der Waals surface area contributed by atoms with Crippen molar-refractivity contribution >= 4 is 11.4 Å². The zero-order valence-corrected chi connectivity index (χ0v) is 21.9. The smallest absolute Gasteiger partial charge is 0.306 e. The lowest BCUT2D eigenvalue weighted by Gasteiger charge is -2.14. The van der Waals surface area contributed by atoms with Gasteiger partial charge in [0.15, 0.2) is 0 Å². The molecule has 0 amide bonds. The molecule has 0 radical (unpaired) electrons. The molecule has 190 valence electrons. The van der Waals surface area contributed by atoms with Crippen LogP contribution in [0.3, 0.4) is 0 Å². The fourth-order valence-electron chi connectivity index (χ4n) is 3.19. The minimum absolute atomic E-state index is 0.223. The summed E-state index contributed by atoms with van der Waals surface area (Å²) in [6, 6.07) is 13.3. The molecule has 3 nitrogen and oxygen atoms in total. The Morgan fingerprint density at radius 3 is 2.17 bits per heavy atom. The maximum absolute atomic E-state index is 13.6. The first kappa shape index (κ1) is 29.9. The predicted octanol–water partition coefficient (Wildman–Crippen LogP) is 9.37. The lowest BCUT2D eigenvalue weighted by atomic mass is 9.96. The van der Waals surface area contributed by atoms with Crippen molar-refractivity contribution in [3.8, 4) is 5.69 Å². The number of allylic oxidation sites excluding steroid dienone is 1. The van der Waals surface area contributed by atoms with Crippen LogP contribution in [0.25, 0.3) is 5.69 Å². The fourth-order valence-corrected chi connectivity index (χ4v) is 3.19. The van der Waals surface area contributed by atoms with Crippen LogP contribution in [0.5, 0.6) is 0 Å². The summed E-state index contributed by atoms with van der Waals surface area (Å²) >= 11 is 0. The molecule has 0 atom stereocenters. The van der Waals surface area contributed by atoms with Crippen LogP contribution in [0.2, 0.25) is 0 Å². The minimum atomic E-state index is -4.49. The first-order valence-corrected chi connectivity index (χ1v) is 12.2. The van der Waals surface area contributed by atoms with Gasteiger partial charge >= 0.3 is 6.18 Å². The molecule has 0 unspecified atom stereocenters. The monoisotopic (exact) mass is 485 g/mol. The van der Waals surface area contributed by atoms with E-state index >= 15 is 0 Å². The van der Waals surface area contributed by atoms with Crippen molar-refractivity contribution in [2.45, 2.75) is 67.5 Å². The zero-order chi connectivity index (χ0) is 26.6. The molecule has 0 aliphatic heterocycles. The van der Waals surface area contributed by atoms with Crippen LogP contribution in [0.4, 0.5) is 18.9 Å². The van der Waals surface area contributed by atoms with E-state index < -0.39 is 11.7 Å². The molecule has 35 heavy (non-hydrogen) atoms. The lowest BCUT2D eigenvalue weighted by Crippen LogP contribution is -2.07. The molecule has 0 saturated heterocycles. The molecular formula is C29H38F3N3. The molecule has 0 N–H and O–H groups in total. The Kier molecular flexibility index (Phi) is 12.2. The van der Waals surface area contributed by atoms with Crippen LogP contribution < -0.4 is 0 Å². The van der Waals surface area contributed by atoms with E-state index in [0.29, 0.717) is 17.3 Å². The number of alkyl halides is 3. The second kappa shape index (κ2) is 14.3. The highest BCUT2D eigenvalue weighted by molar-refractivity contribution is 6.13. The molecular weight excluding hydrogens is 447 g/mol. The van der Waals surface area contributed by atoms with Gasteiger partial charge in [-0.3, -0.25) is 0 Å². The number of aliphatic imine (C=N–C) groups is 1. The van der Waals surface area contributed by atoms with Gasteiger partial charge in [0.2, 0.25) is 0 Å². The average Bonchev–Trinajstić information content (AvgIpc) is 3.29. The Balaban J connectivity index is 0.00000145. The van der Waals surface area contributed by atoms with Gasteiger partial charge in [0.1, 0.15) is 0 Å². The number of halogens is 3. The van der Waals surface area contributed by atoms with E-state index in [0.717, 1.165) is 41.8 Å². The van der Waals surface area contributed by atoms with Crippen LogP contribution in [0, 0.1) is 12.8 Å². The van der Waals surface area contributed by atoms with Crippen molar-refractivity contribution in [1.82, 2.24) is 9.55 Å². The average molecular weight is 486 g/mol. The fraction of sp³-hybridized carbons (Fsp3) is 0.379. The van der Waals surface area contributed by atoms with Gasteiger partial charge in [0.05, 0.1) is 29.0 Å². The van der Waals surface area contributed by atoms with E-state index in [4.69, 9.17) is 0 Å². The van der Waals surface area contributed by atoms with Crippen molar-refractivity contribution in [1.29, 1.82) is 0 Å². The highest BCUT2D eigenvalue weighted by atomic mass is 19.4. The molecule has 0 aliphatic carbocycles. The zero-order valence-electron chi connectivity index (χ0n) is 21.9. The number of rotatable bonds is 7. The van der Waals surface area contributed by atoms with Crippen molar-refractivity contribution in [3.05, 3.63) is 90.0 Å². The first-order chi connectivity index (χ1) is 16.6. The maximum Gasteiger partial charge on any atom is 0.416 e. The molecule has 1 aromatic heterocycles. The van der Waals surface area contributed by atoms with E-state index in [1.54, 1.807) is 23.8 Å². The van der Waals surface area contributed by atoms with Gasteiger partial charge < -0.3 is 4.57 Å². The van der Waals surface area contributed by atoms with Crippen LogP contribution in [-0.4, -0.2) is 15.3 Å². The number of aryl methyl sites for hydroxylation is 1. The Labute approximate surface area is 208 Å². The third-order valence-electron chi connectivity index (χ3n) is 4.89. The summed E-state index contributed by atoms with van der Waals surface area (Å²) in [7, 11) is 0. The quantitative estimate of drug-likeness (QED) is 0.307. The van der Waals surface area contributed by atoms with E-state index in [9.17, 15) is 13.2 Å². The summed E-state index contributed by atoms with van der Waals surface area (Å²) in [5.41, 5.74) is 2.78. The Morgan fingerprint density at radius 2 is 1.66 bits per heavy atom. The van der Waals surface area contributed by atoms with Crippen molar-refractivity contribution < 1.29 is 13.2 Å². The van der Waals surface area contributed by atoms with Gasteiger partial charge in [0.25, 0.3) is 0 Å². The molecule has 3 rings (SSSR count). The van der Waals surface area contributed by atoms with Crippen molar-refractivity contribution in [2.75, 3.05) is 0 Å². The lowest BCUT2D eigenvalue weighted by molar-refractivity contribution is -0.137. The second-order valence-corrected chi connectivity index (χ2v) is 8.02. The number of hydrogen-bond acceptors (Lipinski definition) is 2.